The number of benzene rings is 2. The molecular formula is C21H25NO6. The average molecular weight is 387 g/mol. The third-order valence-electron chi connectivity index (χ3n) is 3.94. The van der Waals surface area contributed by atoms with Gasteiger partial charge in [-0.1, -0.05) is 6.07 Å². The van der Waals surface area contributed by atoms with E-state index in [0.29, 0.717) is 28.5 Å². The van der Waals surface area contributed by atoms with E-state index in [2.05, 4.69) is 5.32 Å². The number of methoxy groups -OCH3 is 3. The standard InChI is InChI=1S/C21H25NO6/c1-13-6-14(2)8-16(7-13)22-19(23)12-28-20(24)11-15-9-17(25-3)21(27-5)18(10-15)26-4/h6-10H,11-12H2,1-5H3,(H,22,23). The first-order valence-corrected chi connectivity index (χ1v) is 8.69. The van der Waals surface area contributed by atoms with Crippen LogP contribution in [0.15, 0.2) is 30.3 Å². The second-order valence-corrected chi connectivity index (χ2v) is 6.30. The quantitative estimate of drug-likeness (QED) is 0.701. The van der Waals surface area contributed by atoms with Crippen molar-refractivity contribution in [1.29, 1.82) is 0 Å². The van der Waals surface area contributed by atoms with Crippen molar-refractivity contribution in [2.24, 2.45) is 0 Å². The van der Waals surface area contributed by atoms with Crippen LogP contribution in [0.1, 0.15) is 16.7 Å². The van der Waals surface area contributed by atoms with Crippen molar-refractivity contribution in [2.45, 2.75) is 20.3 Å². The molecule has 0 aliphatic carbocycles. The molecule has 0 aromatic heterocycles. The third-order valence-corrected chi connectivity index (χ3v) is 3.94. The molecule has 0 heterocycles. The lowest BCUT2D eigenvalue weighted by atomic mass is 10.1. The predicted octanol–water partition coefficient (Wildman–Crippen LogP) is 3.05. The lowest BCUT2D eigenvalue weighted by Gasteiger charge is -2.14. The first-order valence-electron chi connectivity index (χ1n) is 8.69. The van der Waals surface area contributed by atoms with Gasteiger partial charge in [-0.25, -0.2) is 0 Å². The van der Waals surface area contributed by atoms with E-state index in [9.17, 15) is 9.59 Å². The minimum Gasteiger partial charge on any atom is -0.493 e. The van der Waals surface area contributed by atoms with Gasteiger partial charge >= 0.3 is 5.97 Å². The van der Waals surface area contributed by atoms with Gasteiger partial charge in [0.15, 0.2) is 18.1 Å². The van der Waals surface area contributed by atoms with Crippen LogP contribution in [0.25, 0.3) is 0 Å². The van der Waals surface area contributed by atoms with E-state index in [1.807, 2.05) is 32.0 Å². The van der Waals surface area contributed by atoms with Crippen LogP contribution in [-0.4, -0.2) is 39.8 Å². The molecule has 0 saturated carbocycles. The maximum absolute atomic E-state index is 12.1. The fourth-order valence-electron chi connectivity index (χ4n) is 2.85. The average Bonchev–Trinajstić information content (AvgIpc) is 2.64. The first-order chi connectivity index (χ1) is 13.4. The normalized spacial score (nSPS) is 10.2. The summed E-state index contributed by atoms with van der Waals surface area (Å²) in [6.45, 7) is 3.52. The SMILES string of the molecule is COc1cc(CC(=O)OCC(=O)Nc2cc(C)cc(C)c2)cc(OC)c1OC. The van der Waals surface area contributed by atoms with Gasteiger partial charge in [-0.15, -0.1) is 0 Å². The van der Waals surface area contributed by atoms with E-state index in [1.54, 1.807) is 12.1 Å². The molecule has 2 rings (SSSR count). The van der Waals surface area contributed by atoms with Crippen molar-refractivity contribution in [3.63, 3.8) is 0 Å². The van der Waals surface area contributed by atoms with Crippen molar-refractivity contribution in [1.82, 2.24) is 0 Å². The molecule has 28 heavy (non-hydrogen) atoms. The van der Waals surface area contributed by atoms with Crippen LogP contribution in [0, 0.1) is 13.8 Å². The van der Waals surface area contributed by atoms with Crippen molar-refractivity contribution >= 4 is 17.6 Å². The maximum Gasteiger partial charge on any atom is 0.310 e. The molecule has 0 saturated heterocycles. The summed E-state index contributed by atoms with van der Waals surface area (Å²) in [7, 11) is 4.50. The van der Waals surface area contributed by atoms with Crippen LogP contribution >= 0.6 is 0 Å². The molecule has 7 nitrogen and oxygen atoms in total. The van der Waals surface area contributed by atoms with Crippen LogP contribution in [0.3, 0.4) is 0 Å². The van der Waals surface area contributed by atoms with E-state index >= 15 is 0 Å². The molecule has 0 aliphatic rings. The number of hydrogen-bond donors (Lipinski definition) is 1. The van der Waals surface area contributed by atoms with Gasteiger partial charge < -0.3 is 24.3 Å². The summed E-state index contributed by atoms with van der Waals surface area (Å²) in [5, 5.41) is 2.72. The number of esters is 1. The largest absolute Gasteiger partial charge is 0.493 e. The molecule has 0 unspecified atom stereocenters. The van der Waals surface area contributed by atoms with Crippen LogP contribution < -0.4 is 19.5 Å². The van der Waals surface area contributed by atoms with E-state index < -0.39 is 11.9 Å². The Morgan fingerprint density at radius 1 is 0.857 bits per heavy atom. The van der Waals surface area contributed by atoms with Gasteiger partial charge in [0.05, 0.1) is 27.8 Å². The molecule has 1 N–H and O–H groups in total. The highest BCUT2D eigenvalue weighted by molar-refractivity contribution is 5.93. The van der Waals surface area contributed by atoms with Gasteiger partial charge in [0.2, 0.25) is 5.75 Å². The highest BCUT2D eigenvalue weighted by atomic mass is 16.5. The van der Waals surface area contributed by atoms with Crippen LogP contribution in [0.2, 0.25) is 0 Å². The molecule has 0 aliphatic heterocycles. The van der Waals surface area contributed by atoms with Crippen molar-refractivity contribution < 1.29 is 28.5 Å². The second kappa shape index (κ2) is 9.64. The molecule has 0 fully saturated rings. The zero-order valence-electron chi connectivity index (χ0n) is 16.8. The minimum atomic E-state index is -0.537. The summed E-state index contributed by atoms with van der Waals surface area (Å²) >= 11 is 0. The van der Waals surface area contributed by atoms with Crippen LogP contribution in [0.5, 0.6) is 17.2 Å². The highest BCUT2D eigenvalue weighted by Crippen LogP contribution is 2.38. The number of rotatable bonds is 8. The number of ether oxygens (including phenoxy) is 4. The Bertz CT molecular complexity index is 817. The van der Waals surface area contributed by atoms with E-state index in [1.165, 1.54) is 21.3 Å². The molecule has 2 aromatic carbocycles. The second-order valence-electron chi connectivity index (χ2n) is 6.30. The number of nitrogens with one attached hydrogen (secondary N) is 1. The summed E-state index contributed by atoms with van der Waals surface area (Å²) < 4.78 is 20.9. The van der Waals surface area contributed by atoms with Gasteiger partial charge in [-0.2, -0.15) is 0 Å². The Morgan fingerprint density at radius 2 is 1.43 bits per heavy atom. The number of hydrogen-bond acceptors (Lipinski definition) is 6. The zero-order valence-corrected chi connectivity index (χ0v) is 16.8. The van der Waals surface area contributed by atoms with Gasteiger partial charge in [0.1, 0.15) is 0 Å². The smallest absolute Gasteiger partial charge is 0.310 e. The summed E-state index contributed by atoms with van der Waals surface area (Å²) in [6.07, 6.45) is -0.0342. The Balaban J connectivity index is 1.95. The summed E-state index contributed by atoms with van der Waals surface area (Å²) in [6, 6.07) is 9.04. The Hall–Kier alpha value is -3.22. The fourth-order valence-corrected chi connectivity index (χ4v) is 2.85. The number of carbonyl (C=O) groups is 2. The Labute approximate surface area is 164 Å². The van der Waals surface area contributed by atoms with E-state index in [4.69, 9.17) is 18.9 Å². The number of amides is 1. The van der Waals surface area contributed by atoms with E-state index in [0.717, 1.165) is 11.1 Å². The van der Waals surface area contributed by atoms with Gasteiger partial charge in [0, 0.05) is 5.69 Å². The molecule has 0 spiro atoms. The molecular weight excluding hydrogens is 362 g/mol. The number of anilines is 1. The van der Waals surface area contributed by atoms with Crippen LogP contribution in [-0.2, 0) is 20.7 Å². The molecule has 7 heteroatoms. The van der Waals surface area contributed by atoms with Crippen molar-refractivity contribution in [3.8, 4) is 17.2 Å². The molecule has 0 bridgehead atoms. The number of carbonyl (C=O) groups excluding carboxylic acids is 2. The Kier molecular flexibility index (Phi) is 7.26. The molecule has 0 radical (unpaired) electrons. The summed E-state index contributed by atoms with van der Waals surface area (Å²) in [4.78, 5) is 24.1. The highest BCUT2D eigenvalue weighted by Gasteiger charge is 2.16. The molecule has 1 amide bonds. The summed E-state index contributed by atoms with van der Waals surface area (Å²) in [5.74, 6) is 0.387. The van der Waals surface area contributed by atoms with Crippen molar-refractivity contribution in [2.75, 3.05) is 33.3 Å². The fraction of sp³-hybridized carbons (Fsp3) is 0.333. The van der Waals surface area contributed by atoms with E-state index in [-0.39, 0.29) is 13.0 Å². The first kappa shape index (κ1) is 21.1. The topological polar surface area (TPSA) is 83.1 Å². The zero-order chi connectivity index (χ0) is 20.7. The lowest BCUT2D eigenvalue weighted by Crippen LogP contribution is -2.21. The Morgan fingerprint density at radius 3 is 1.93 bits per heavy atom. The molecule has 2 aromatic rings. The lowest BCUT2D eigenvalue weighted by molar-refractivity contribution is -0.146. The minimum absolute atomic E-state index is 0.0342. The van der Waals surface area contributed by atoms with Gasteiger partial charge in [0.25, 0.3) is 5.91 Å². The van der Waals surface area contributed by atoms with Gasteiger partial charge in [-0.05, 0) is 54.8 Å². The molecule has 0 atom stereocenters. The predicted molar refractivity (Wildman–Crippen MR) is 105 cm³/mol. The maximum atomic E-state index is 12.1. The monoisotopic (exact) mass is 387 g/mol. The third kappa shape index (κ3) is 5.64. The summed E-state index contributed by atoms with van der Waals surface area (Å²) in [5.41, 5.74) is 3.36. The van der Waals surface area contributed by atoms with Gasteiger partial charge in [-0.3, -0.25) is 9.59 Å². The van der Waals surface area contributed by atoms with Crippen molar-refractivity contribution in [3.05, 3.63) is 47.0 Å². The molecule has 150 valence electrons. The van der Waals surface area contributed by atoms with Crippen LogP contribution in [0.4, 0.5) is 5.69 Å². The number of aryl methyl sites for hydroxylation is 2.